The molecule has 0 saturated heterocycles. The van der Waals surface area contributed by atoms with Crippen LogP contribution >= 0.6 is 0 Å². The van der Waals surface area contributed by atoms with Gasteiger partial charge in [0.15, 0.2) is 6.61 Å². The van der Waals surface area contributed by atoms with Gasteiger partial charge >= 0.3 is 5.97 Å². The molecule has 1 aromatic carbocycles. The molecule has 1 atom stereocenters. The molecule has 140 valence electrons. The number of nitrogens with zero attached hydrogens (tertiary/aromatic N) is 1. The first kappa shape index (κ1) is 21.0. The third-order valence-electron chi connectivity index (χ3n) is 4.12. The summed E-state index contributed by atoms with van der Waals surface area (Å²) in [6, 6.07) is 5.92. The first-order chi connectivity index (χ1) is 11.7. The number of carbonyl (C=O) groups excluding carboxylic acids is 2. The van der Waals surface area contributed by atoms with E-state index in [1.807, 2.05) is 32.0 Å². The maximum atomic E-state index is 12.6. The molecule has 5 heteroatoms. The van der Waals surface area contributed by atoms with Crippen LogP contribution in [-0.2, 0) is 14.3 Å². The smallest absolute Gasteiger partial charge is 0.310 e. The summed E-state index contributed by atoms with van der Waals surface area (Å²) < 4.78 is 10.5. The molecule has 1 rings (SSSR count). The van der Waals surface area contributed by atoms with E-state index in [4.69, 9.17) is 9.47 Å². The molecule has 0 saturated carbocycles. The standard InChI is InChI=1S/C20H31NO4/c1-14(2)9-10-21(12-17(5)20(23)24-6)19(22)13-25-18-11-15(3)7-8-16(18)4/h7-8,11,14,17H,9-10,12-13H2,1-6H3. The zero-order valence-electron chi connectivity index (χ0n) is 16.3. The van der Waals surface area contributed by atoms with Crippen LogP contribution in [0.1, 0.15) is 38.3 Å². The molecule has 0 spiro atoms. The summed E-state index contributed by atoms with van der Waals surface area (Å²) in [5, 5.41) is 0. The molecule has 0 aliphatic rings. The first-order valence-corrected chi connectivity index (χ1v) is 8.80. The van der Waals surface area contributed by atoms with Crippen molar-refractivity contribution in [1.82, 2.24) is 4.90 Å². The van der Waals surface area contributed by atoms with Crippen molar-refractivity contribution in [3.8, 4) is 5.75 Å². The van der Waals surface area contributed by atoms with Crippen molar-refractivity contribution in [2.75, 3.05) is 26.8 Å². The van der Waals surface area contributed by atoms with E-state index < -0.39 is 0 Å². The molecule has 0 bridgehead atoms. The highest BCUT2D eigenvalue weighted by Gasteiger charge is 2.22. The molecule has 0 aromatic heterocycles. The second-order valence-electron chi connectivity index (χ2n) is 7.00. The molecule has 5 nitrogen and oxygen atoms in total. The number of carbonyl (C=O) groups is 2. The molecular formula is C20H31NO4. The lowest BCUT2D eigenvalue weighted by atomic mass is 10.1. The van der Waals surface area contributed by atoms with Gasteiger partial charge < -0.3 is 14.4 Å². The van der Waals surface area contributed by atoms with Gasteiger partial charge in [-0.2, -0.15) is 0 Å². The van der Waals surface area contributed by atoms with Crippen LogP contribution in [-0.4, -0.2) is 43.6 Å². The lowest BCUT2D eigenvalue weighted by molar-refractivity contribution is -0.146. The minimum absolute atomic E-state index is 0.0315. The molecule has 1 unspecified atom stereocenters. The molecular weight excluding hydrogens is 318 g/mol. The van der Waals surface area contributed by atoms with Gasteiger partial charge in [-0.15, -0.1) is 0 Å². The second kappa shape index (κ2) is 10.1. The molecule has 0 radical (unpaired) electrons. The molecule has 0 aliphatic heterocycles. The number of methoxy groups -OCH3 is 1. The van der Waals surface area contributed by atoms with Gasteiger partial charge in [0.1, 0.15) is 5.75 Å². The van der Waals surface area contributed by atoms with E-state index in [-0.39, 0.29) is 24.4 Å². The van der Waals surface area contributed by atoms with E-state index in [9.17, 15) is 9.59 Å². The number of hydrogen-bond acceptors (Lipinski definition) is 4. The van der Waals surface area contributed by atoms with Gasteiger partial charge in [-0.1, -0.05) is 32.9 Å². The summed E-state index contributed by atoms with van der Waals surface area (Å²) in [5.74, 6) is 0.416. The fourth-order valence-electron chi connectivity index (χ4n) is 2.43. The van der Waals surface area contributed by atoms with Gasteiger partial charge in [0.25, 0.3) is 5.91 Å². The Kier molecular flexibility index (Phi) is 8.46. The minimum atomic E-state index is -0.359. The Labute approximate surface area is 151 Å². The topological polar surface area (TPSA) is 55.8 Å². The summed E-state index contributed by atoms with van der Waals surface area (Å²) >= 11 is 0. The quantitative estimate of drug-likeness (QED) is 0.642. The highest BCUT2D eigenvalue weighted by atomic mass is 16.5. The number of amides is 1. The van der Waals surface area contributed by atoms with Crippen LogP contribution in [0.4, 0.5) is 0 Å². The normalized spacial score (nSPS) is 12.0. The highest BCUT2D eigenvalue weighted by molar-refractivity contribution is 5.79. The zero-order valence-corrected chi connectivity index (χ0v) is 16.3. The van der Waals surface area contributed by atoms with Crippen molar-refractivity contribution in [2.24, 2.45) is 11.8 Å². The monoisotopic (exact) mass is 349 g/mol. The van der Waals surface area contributed by atoms with Crippen molar-refractivity contribution in [1.29, 1.82) is 0 Å². The van der Waals surface area contributed by atoms with Crippen LogP contribution in [0.5, 0.6) is 5.75 Å². The summed E-state index contributed by atoms with van der Waals surface area (Å²) in [6.07, 6.45) is 0.878. The predicted molar refractivity (Wildman–Crippen MR) is 98.6 cm³/mol. The maximum absolute atomic E-state index is 12.6. The Hall–Kier alpha value is -2.04. The highest BCUT2D eigenvalue weighted by Crippen LogP contribution is 2.19. The van der Waals surface area contributed by atoms with Gasteiger partial charge in [0.2, 0.25) is 0 Å². The van der Waals surface area contributed by atoms with Crippen LogP contribution in [0, 0.1) is 25.7 Å². The summed E-state index contributed by atoms with van der Waals surface area (Å²) in [4.78, 5) is 26.0. The number of aryl methyl sites for hydroxylation is 2. The summed E-state index contributed by atoms with van der Waals surface area (Å²) in [7, 11) is 1.36. The van der Waals surface area contributed by atoms with E-state index in [2.05, 4.69) is 13.8 Å². The van der Waals surface area contributed by atoms with Gasteiger partial charge in [0.05, 0.1) is 13.0 Å². The average molecular weight is 349 g/mol. The van der Waals surface area contributed by atoms with E-state index in [1.165, 1.54) is 7.11 Å². The van der Waals surface area contributed by atoms with Crippen LogP contribution in [0.2, 0.25) is 0 Å². The number of esters is 1. The lowest BCUT2D eigenvalue weighted by Crippen LogP contribution is -2.40. The van der Waals surface area contributed by atoms with Crippen LogP contribution in [0.25, 0.3) is 0 Å². The lowest BCUT2D eigenvalue weighted by Gasteiger charge is -2.26. The van der Waals surface area contributed by atoms with E-state index in [0.717, 1.165) is 23.3 Å². The van der Waals surface area contributed by atoms with Crippen LogP contribution in [0.3, 0.4) is 0 Å². The number of hydrogen-bond donors (Lipinski definition) is 0. The first-order valence-electron chi connectivity index (χ1n) is 8.80. The van der Waals surface area contributed by atoms with Crippen LogP contribution in [0.15, 0.2) is 18.2 Å². The Morgan fingerprint density at radius 1 is 1.16 bits per heavy atom. The molecule has 0 N–H and O–H groups in total. The molecule has 1 amide bonds. The van der Waals surface area contributed by atoms with Crippen molar-refractivity contribution in [3.63, 3.8) is 0 Å². The SMILES string of the molecule is COC(=O)C(C)CN(CCC(C)C)C(=O)COc1cc(C)ccc1C. The van der Waals surface area contributed by atoms with E-state index in [0.29, 0.717) is 19.0 Å². The average Bonchev–Trinajstić information content (AvgIpc) is 2.57. The fraction of sp³-hybridized carbons (Fsp3) is 0.600. The van der Waals surface area contributed by atoms with E-state index in [1.54, 1.807) is 11.8 Å². The third-order valence-corrected chi connectivity index (χ3v) is 4.12. The zero-order chi connectivity index (χ0) is 19.0. The Balaban J connectivity index is 2.73. The predicted octanol–water partition coefficient (Wildman–Crippen LogP) is 3.37. The molecule has 25 heavy (non-hydrogen) atoms. The van der Waals surface area contributed by atoms with Crippen molar-refractivity contribution < 1.29 is 19.1 Å². The molecule has 0 aliphatic carbocycles. The Bertz CT molecular complexity index is 583. The minimum Gasteiger partial charge on any atom is -0.483 e. The Morgan fingerprint density at radius 2 is 1.84 bits per heavy atom. The number of ether oxygens (including phenoxy) is 2. The number of benzene rings is 1. The second-order valence-corrected chi connectivity index (χ2v) is 7.00. The van der Waals surface area contributed by atoms with Crippen molar-refractivity contribution in [3.05, 3.63) is 29.3 Å². The summed E-state index contributed by atoms with van der Waals surface area (Å²) in [5.41, 5.74) is 2.08. The van der Waals surface area contributed by atoms with Crippen LogP contribution < -0.4 is 4.74 Å². The van der Waals surface area contributed by atoms with Gasteiger partial charge in [0, 0.05) is 13.1 Å². The molecule has 0 fully saturated rings. The Morgan fingerprint density at radius 3 is 2.44 bits per heavy atom. The van der Waals surface area contributed by atoms with Crippen molar-refractivity contribution in [2.45, 2.75) is 41.0 Å². The van der Waals surface area contributed by atoms with E-state index >= 15 is 0 Å². The molecule has 1 aromatic rings. The van der Waals surface area contributed by atoms with Crippen molar-refractivity contribution >= 4 is 11.9 Å². The van der Waals surface area contributed by atoms with Gasteiger partial charge in [-0.25, -0.2) is 0 Å². The largest absolute Gasteiger partial charge is 0.483 e. The molecule has 0 heterocycles. The fourth-order valence-corrected chi connectivity index (χ4v) is 2.43. The summed E-state index contributed by atoms with van der Waals surface area (Å²) in [6.45, 7) is 10.8. The number of rotatable bonds is 9. The maximum Gasteiger partial charge on any atom is 0.310 e. The van der Waals surface area contributed by atoms with Gasteiger partial charge in [-0.3, -0.25) is 9.59 Å². The third kappa shape index (κ3) is 7.16. The van der Waals surface area contributed by atoms with Gasteiger partial charge in [-0.05, 0) is 43.4 Å².